The number of ketones is 1. The standard InChI is InChI=1S/C19H19IO4/c1-23-13-24-12-16(20)17(18(21)14-8-4-2-5-9-14)19(22)15-10-6-3-7-11-15/h2-11,18,21H,12-13H2,1H3/b17-16+. The molecule has 0 saturated heterocycles. The minimum absolute atomic E-state index is 0.126. The Balaban J connectivity index is 2.37. The summed E-state index contributed by atoms with van der Waals surface area (Å²) in [5, 5.41) is 10.8. The second-order valence-electron chi connectivity index (χ2n) is 5.08. The molecule has 24 heavy (non-hydrogen) atoms. The summed E-state index contributed by atoms with van der Waals surface area (Å²) in [6.07, 6.45) is -1.02. The third-order valence-electron chi connectivity index (χ3n) is 3.39. The lowest BCUT2D eigenvalue weighted by Crippen LogP contribution is -2.15. The third-order valence-corrected chi connectivity index (χ3v) is 4.28. The van der Waals surface area contributed by atoms with Crippen LogP contribution in [0.25, 0.3) is 0 Å². The molecule has 0 radical (unpaired) electrons. The molecule has 0 aliphatic carbocycles. The van der Waals surface area contributed by atoms with Crippen LogP contribution < -0.4 is 0 Å². The summed E-state index contributed by atoms with van der Waals surface area (Å²) < 4.78 is 10.9. The zero-order valence-corrected chi connectivity index (χ0v) is 15.5. The summed E-state index contributed by atoms with van der Waals surface area (Å²) >= 11 is 2.05. The molecule has 1 unspecified atom stereocenters. The van der Waals surface area contributed by atoms with Crippen molar-refractivity contribution < 1.29 is 19.4 Å². The molecule has 126 valence electrons. The second kappa shape index (κ2) is 9.68. The molecule has 4 nitrogen and oxygen atoms in total. The molecule has 0 aromatic heterocycles. The summed E-state index contributed by atoms with van der Waals surface area (Å²) in [7, 11) is 1.53. The third kappa shape index (κ3) is 4.98. The van der Waals surface area contributed by atoms with Gasteiger partial charge in [-0.3, -0.25) is 4.79 Å². The predicted molar refractivity (Wildman–Crippen MR) is 101 cm³/mol. The van der Waals surface area contributed by atoms with Crippen molar-refractivity contribution in [1.82, 2.24) is 0 Å². The lowest BCUT2D eigenvalue weighted by Gasteiger charge is -2.17. The van der Waals surface area contributed by atoms with Crippen molar-refractivity contribution >= 4 is 28.4 Å². The first kappa shape index (κ1) is 18.8. The highest BCUT2D eigenvalue weighted by Gasteiger charge is 2.24. The Morgan fingerprint density at radius 2 is 1.67 bits per heavy atom. The fourth-order valence-electron chi connectivity index (χ4n) is 2.24. The number of benzene rings is 2. The molecule has 2 rings (SSSR count). The molecule has 1 N–H and O–H groups in total. The number of methoxy groups -OCH3 is 1. The van der Waals surface area contributed by atoms with Gasteiger partial charge >= 0.3 is 0 Å². The summed E-state index contributed by atoms with van der Waals surface area (Å²) in [5.41, 5.74) is 1.52. The molecule has 0 aliphatic heterocycles. The van der Waals surface area contributed by atoms with E-state index < -0.39 is 6.10 Å². The Labute approximate surface area is 155 Å². The number of carbonyl (C=O) groups is 1. The van der Waals surface area contributed by atoms with Crippen molar-refractivity contribution in [1.29, 1.82) is 0 Å². The molecular formula is C19H19IO4. The maximum Gasteiger partial charge on any atom is 0.192 e. The van der Waals surface area contributed by atoms with E-state index >= 15 is 0 Å². The molecule has 0 bridgehead atoms. The van der Waals surface area contributed by atoms with Crippen LogP contribution in [-0.4, -0.2) is 31.4 Å². The number of halogens is 1. The molecular weight excluding hydrogens is 419 g/mol. The van der Waals surface area contributed by atoms with Crippen LogP contribution in [0.2, 0.25) is 0 Å². The highest BCUT2D eigenvalue weighted by atomic mass is 127. The number of hydrogen-bond acceptors (Lipinski definition) is 4. The molecule has 0 saturated carbocycles. The van der Waals surface area contributed by atoms with Crippen LogP contribution in [0.1, 0.15) is 22.0 Å². The van der Waals surface area contributed by atoms with Crippen molar-refractivity contribution in [2.45, 2.75) is 6.10 Å². The van der Waals surface area contributed by atoms with Gasteiger partial charge in [0.05, 0.1) is 6.61 Å². The van der Waals surface area contributed by atoms with Gasteiger partial charge in [-0.15, -0.1) is 0 Å². The summed E-state index contributed by atoms with van der Waals surface area (Å²) in [5.74, 6) is -0.211. The van der Waals surface area contributed by atoms with E-state index in [-0.39, 0.29) is 19.2 Å². The fraction of sp³-hybridized carbons (Fsp3) is 0.211. The van der Waals surface area contributed by atoms with Gasteiger partial charge in [0, 0.05) is 21.8 Å². The van der Waals surface area contributed by atoms with Crippen LogP contribution >= 0.6 is 22.6 Å². The SMILES string of the molecule is COCOC/C(I)=C(\C(=O)c1ccccc1)C(O)c1ccccc1. The monoisotopic (exact) mass is 438 g/mol. The zero-order chi connectivity index (χ0) is 17.4. The van der Waals surface area contributed by atoms with Crippen LogP contribution in [0, 0.1) is 0 Å². The molecule has 0 fully saturated rings. The van der Waals surface area contributed by atoms with Crippen LogP contribution in [0.15, 0.2) is 69.8 Å². The number of aliphatic hydroxyl groups excluding tert-OH is 1. The molecule has 2 aromatic carbocycles. The largest absolute Gasteiger partial charge is 0.383 e. The van der Waals surface area contributed by atoms with Crippen molar-refractivity contribution in [2.75, 3.05) is 20.5 Å². The topological polar surface area (TPSA) is 55.8 Å². The number of hydrogen-bond donors (Lipinski definition) is 1. The van der Waals surface area contributed by atoms with E-state index in [9.17, 15) is 9.90 Å². The van der Waals surface area contributed by atoms with E-state index in [1.54, 1.807) is 36.4 Å². The van der Waals surface area contributed by atoms with Crippen LogP contribution in [-0.2, 0) is 9.47 Å². The van der Waals surface area contributed by atoms with Gasteiger partial charge in [-0.25, -0.2) is 0 Å². The lowest BCUT2D eigenvalue weighted by molar-refractivity contribution is -0.0194. The van der Waals surface area contributed by atoms with Gasteiger partial charge in [-0.1, -0.05) is 60.7 Å². The van der Waals surface area contributed by atoms with Crippen LogP contribution in [0.3, 0.4) is 0 Å². The average molecular weight is 438 g/mol. The van der Waals surface area contributed by atoms with Crippen molar-refractivity contribution in [3.63, 3.8) is 0 Å². The molecule has 0 spiro atoms. The van der Waals surface area contributed by atoms with Gasteiger partial charge < -0.3 is 14.6 Å². The molecule has 2 aromatic rings. The van der Waals surface area contributed by atoms with E-state index in [0.717, 1.165) is 0 Å². The van der Waals surface area contributed by atoms with E-state index in [2.05, 4.69) is 0 Å². The van der Waals surface area contributed by atoms with Crippen molar-refractivity contribution in [3.05, 3.63) is 80.9 Å². The van der Waals surface area contributed by atoms with Gasteiger partial charge in [0.2, 0.25) is 0 Å². The molecule has 0 heterocycles. The molecule has 5 heteroatoms. The number of aliphatic hydroxyl groups is 1. The van der Waals surface area contributed by atoms with E-state index in [0.29, 0.717) is 20.3 Å². The predicted octanol–water partition coefficient (Wildman–Crippen LogP) is 3.91. The van der Waals surface area contributed by atoms with Gasteiger partial charge in [0.1, 0.15) is 12.9 Å². The van der Waals surface area contributed by atoms with Gasteiger partial charge in [0.25, 0.3) is 0 Å². The van der Waals surface area contributed by atoms with Crippen molar-refractivity contribution in [3.8, 4) is 0 Å². The Morgan fingerprint density at radius 1 is 1.08 bits per heavy atom. The number of ether oxygens (including phenoxy) is 2. The van der Waals surface area contributed by atoms with E-state index in [1.807, 2.05) is 46.9 Å². The first-order chi connectivity index (χ1) is 11.6. The van der Waals surface area contributed by atoms with Gasteiger partial charge in [-0.2, -0.15) is 0 Å². The Bertz CT molecular complexity index is 683. The first-order valence-corrected chi connectivity index (χ1v) is 8.51. The smallest absolute Gasteiger partial charge is 0.192 e. The van der Waals surface area contributed by atoms with Gasteiger partial charge in [-0.05, 0) is 28.2 Å². The van der Waals surface area contributed by atoms with Gasteiger partial charge in [0.15, 0.2) is 5.78 Å². The van der Waals surface area contributed by atoms with E-state index in [1.165, 1.54) is 7.11 Å². The lowest BCUT2D eigenvalue weighted by atomic mass is 9.94. The summed E-state index contributed by atoms with van der Waals surface area (Å²) in [6.45, 7) is 0.326. The Hall–Kier alpha value is -1.54. The average Bonchev–Trinajstić information content (AvgIpc) is 2.63. The zero-order valence-electron chi connectivity index (χ0n) is 13.3. The summed E-state index contributed by atoms with van der Waals surface area (Å²) in [6, 6.07) is 18.0. The number of carbonyl (C=O) groups excluding carboxylic acids is 1. The maximum absolute atomic E-state index is 12.9. The minimum atomic E-state index is -1.02. The quantitative estimate of drug-likeness (QED) is 0.223. The number of rotatable bonds is 8. The highest BCUT2D eigenvalue weighted by molar-refractivity contribution is 14.1. The van der Waals surface area contributed by atoms with Crippen LogP contribution in [0.4, 0.5) is 0 Å². The summed E-state index contributed by atoms with van der Waals surface area (Å²) in [4.78, 5) is 12.9. The second-order valence-corrected chi connectivity index (χ2v) is 6.38. The highest BCUT2D eigenvalue weighted by Crippen LogP contribution is 2.30. The Kier molecular flexibility index (Phi) is 7.58. The molecule has 1 atom stereocenters. The van der Waals surface area contributed by atoms with E-state index in [4.69, 9.17) is 9.47 Å². The van der Waals surface area contributed by atoms with Crippen molar-refractivity contribution in [2.24, 2.45) is 0 Å². The first-order valence-electron chi connectivity index (χ1n) is 7.43. The fourth-order valence-corrected chi connectivity index (χ4v) is 3.00. The maximum atomic E-state index is 12.9. The minimum Gasteiger partial charge on any atom is -0.383 e. The molecule has 0 amide bonds. The van der Waals surface area contributed by atoms with Crippen LogP contribution in [0.5, 0.6) is 0 Å². The normalized spacial score (nSPS) is 13.3. The Morgan fingerprint density at radius 3 is 2.25 bits per heavy atom. The molecule has 0 aliphatic rings. The number of Topliss-reactive ketones (excluding diaryl/α,β-unsaturated/α-hetero) is 1.